The topological polar surface area (TPSA) is 81.5 Å². The van der Waals surface area contributed by atoms with Crippen molar-refractivity contribution in [1.29, 1.82) is 0 Å². The summed E-state index contributed by atoms with van der Waals surface area (Å²) < 4.78 is 4.93. The highest BCUT2D eigenvalue weighted by atomic mass is 16.6. The largest absolute Gasteiger partial charge is 0.490 e. The molecule has 122 valence electrons. The summed E-state index contributed by atoms with van der Waals surface area (Å²) in [6, 6.07) is 4.23. The van der Waals surface area contributed by atoms with Crippen LogP contribution < -0.4 is 10.1 Å². The lowest BCUT2D eigenvalue weighted by atomic mass is 9.99. The number of carbonyl (C=O) groups excluding carboxylic acids is 1. The number of nitrogens with zero attached hydrogens (tertiary/aromatic N) is 1. The first kappa shape index (κ1) is 17.9. The number of hydrogen-bond acceptors (Lipinski definition) is 4. The molecular weight excluding hydrogens is 284 g/mol. The molecule has 0 aliphatic carbocycles. The lowest BCUT2D eigenvalue weighted by Crippen LogP contribution is -2.29. The van der Waals surface area contributed by atoms with Crippen LogP contribution in [-0.4, -0.2) is 24.5 Å². The number of hydrogen-bond donors (Lipinski definition) is 1. The van der Waals surface area contributed by atoms with Gasteiger partial charge in [-0.05, 0) is 24.5 Å². The standard InChI is InChI=1S/C16H24N2O4/c1-4-6-7-12(5-2)11-17-16(19)13-8-9-15(22-3)14(10-13)18(20)21/h8-10,12H,4-7,11H2,1-3H3,(H,17,19)/t12-/m1/s1. The first-order valence-electron chi connectivity index (χ1n) is 7.64. The molecule has 0 aliphatic rings. The van der Waals surface area contributed by atoms with Crippen molar-refractivity contribution in [3.05, 3.63) is 33.9 Å². The summed E-state index contributed by atoms with van der Waals surface area (Å²) in [5, 5.41) is 13.8. The molecule has 0 radical (unpaired) electrons. The number of methoxy groups -OCH3 is 1. The summed E-state index contributed by atoms with van der Waals surface area (Å²) in [4.78, 5) is 22.6. The summed E-state index contributed by atoms with van der Waals surface area (Å²) >= 11 is 0. The van der Waals surface area contributed by atoms with E-state index < -0.39 is 4.92 Å². The van der Waals surface area contributed by atoms with Gasteiger partial charge in [0.1, 0.15) is 0 Å². The van der Waals surface area contributed by atoms with E-state index in [2.05, 4.69) is 19.2 Å². The Morgan fingerprint density at radius 2 is 2.14 bits per heavy atom. The van der Waals surface area contributed by atoms with Crippen LogP contribution in [0.1, 0.15) is 49.9 Å². The maximum Gasteiger partial charge on any atom is 0.311 e. The minimum absolute atomic E-state index is 0.149. The summed E-state index contributed by atoms with van der Waals surface area (Å²) in [6.07, 6.45) is 4.36. The number of carbonyl (C=O) groups is 1. The smallest absolute Gasteiger partial charge is 0.311 e. The molecule has 0 fully saturated rings. The molecule has 0 aliphatic heterocycles. The Balaban J connectivity index is 2.73. The molecule has 1 aromatic carbocycles. The SMILES string of the molecule is CCCC[C@@H](CC)CNC(=O)c1ccc(OC)c([N+](=O)[O-])c1. The second kappa shape index (κ2) is 9.02. The Morgan fingerprint density at radius 3 is 2.68 bits per heavy atom. The first-order valence-corrected chi connectivity index (χ1v) is 7.64. The Kier molecular flexibility index (Phi) is 7.36. The van der Waals surface area contributed by atoms with Crippen molar-refractivity contribution in [2.45, 2.75) is 39.5 Å². The fourth-order valence-corrected chi connectivity index (χ4v) is 2.26. The molecule has 1 atom stereocenters. The van der Waals surface area contributed by atoms with Gasteiger partial charge in [0.25, 0.3) is 5.91 Å². The third kappa shape index (κ3) is 5.02. The number of amides is 1. The molecule has 1 amide bonds. The van der Waals surface area contributed by atoms with Gasteiger partial charge < -0.3 is 10.1 Å². The number of nitro benzene ring substituents is 1. The second-order valence-corrected chi connectivity index (χ2v) is 5.27. The van der Waals surface area contributed by atoms with Gasteiger partial charge in [-0.1, -0.05) is 33.1 Å². The van der Waals surface area contributed by atoms with E-state index in [1.54, 1.807) is 0 Å². The molecule has 1 N–H and O–H groups in total. The molecule has 0 saturated heterocycles. The minimum Gasteiger partial charge on any atom is -0.490 e. The Morgan fingerprint density at radius 1 is 1.41 bits per heavy atom. The quantitative estimate of drug-likeness (QED) is 0.558. The van der Waals surface area contributed by atoms with Crippen molar-refractivity contribution >= 4 is 11.6 Å². The fraction of sp³-hybridized carbons (Fsp3) is 0.562. The van der Waals surface area contributed by atoms with Gasteiger partial charge in [0, 0.05) is 18.2 Å². The van der Waals surface area contributed by atoms with Crippen molar-refractivity contribution in [1.82, 2.24) is 5.32 Å². The average Bonchev–Trinajstić information content (AvgIpc) is 2.54. The zero-order valence-electron chi connectivity index (χ0n) is 13.4. The van der Waals surface area contributed by atoms with Crippen LogP contribution in [0.4, 0.5) is 5.69 Å². The molecule has 0 heterocycles. The Bertz CT molecular complexity index is 517. The molecule has 0 spiro atoms. The highest BCUT2D eigenvalue weighted by molar-refractivity contribution is 5.95. The van der Waals surface area contributed by atoms with Gasteiger partial charge in [0.2, 0.25) is 0 Å². The normalized spacial score (nSPS) is 11.8. The zero-order valence-corrected chi connectivity index (χ0v) is 13.4. The molecule has 0 aromatic heterocycles. The molecule has 6 nitrogen and oxygen atoms in total. The summed E-state index contributed by atoms with van der Waals surface area (Å²) in [7, 11) is 1.36. The predicted molar refractivity (Wildman–Crippen MR) is 85.3 cm³/mol. The van der Waals surface area contributed by atoms with E-state index in [1.165, 1.54) is 25.3 Å². The molecule has 0 saturated carbocycles. The molecular formula is C16H24N2O4. The van der Waals surface area contributed by atoms with E-state index in [9.17, 15) is 14.9 Å². The maximum absolute atomic E-state index is 12.1. The van der Waals surface area contributed by atoms with Crippen molar-refractivity contribution in [2.24, 2.45) is 5.92 Å². The van der Waals surface area contributed by atoms with Crippen LogP contribution in [0.2, 0.25) is 0 Å². The van der Waals surface area contributed by atoms with E-state index in [0.717, 1.165) is 25.7 Å². The van der Waals surface area contributed by atoms with E-state index in [1.807, 2.05) is 0 Å². The van der Waals surface area contributed by atoms with Crippen molar-refractivity contribution in [2.75, 3.05) is 13.7 Å². The van der Waals surface area contributed by atoms with Crippen molar-refractivity contribution in [3.63, 3.8) is 0 Å². The molecule has 1 aromatic rings. The van der Waals surface area contributed by atoms with Crippen LogP contribution in [0, 0.1) is 16.0 Å². The number of nitro groups is 1. The van der Waals surface area contributed by atoms with Gasteiger partial charge in [0.05, 0.1) is 12.0 Å². The summed E-state index contributed by atoms with van der Waals surface area (Å²) in [5.41, 5.74) is 0.0750. The Labute approximate surface area is 131 Å². The van der Waals surface area contributed by atoms with Crippen molar-refractivity contribution in [3.8, 4) is 5.75 Å². The molecule has 1 rings (SSSR count). The van der Waals surface area contributed by atoms with E-state index in [-0.39, 0.29) is 22.9 Å². The van der Waals surface area contributed by atoms with E-state index in [0.29, 0.717) is 12.5 Å². The van der Waals surface area contributed by atoms with Gasteiger partial charge in [-0.3, -0.25) is 14.9 Å². The maximum atomic E-state index is 12.1. The van der Waals surface area contributed by atoms with Crippen LogP contribution >= 0.6 is 0 Å². The third-order valence-electron chi connectivity index (χ3n) is 3.73. The van der Waals surface area contributed by atoms with Gasteiger partial charge >= 0.3 is 5.69 Å². The summed E-state index contributed by atoms with van der Waals surface area (Å²) in [5.74, 6) is 0.300. The number of rotatable bonds is 9. The van der Waals surface area contributed by atoms with Gasteiger partial charge in [-0.15, -0.1) is 0 Å². The highest BCUT2D eigenvalue weighted by Crippen LogP contribution is 2.27. The van der Waals surface area contributed by atoms with Gasteiger partial charge in [0.15, 0.2) is 5.75 Å². The predicted octanol–water partition coefficient (Wildman–Crippen LogP) is 3.55. The van der Waals surface area contributed by atoms with Crippen LogP contribution in [-0.2, 0) is 0 Å². The summed E-state index contributed by atoms with van der Waals surface area (Å²) in [6.45, 7) is 4.83. The monoisotopic (exact) mass is 308 g/mol. The van der Waals surface area contributed by atoms with Crippen LogP contribution in [0.3, 0.4) is 0 Å². The molecule has 0 unspecified atom stereocenters. The van der Waals surface area contributed by atoms with E-state index in [4.69, 9.17) is 4.74 Å². The van der Waals surface area contributed by atoms with Gasteiger partial charge in [-0.2, -0.15) is 0 Å². The van der Waals surface area contributed by atoms with E-state index >= 15 is 0 Å². The number of nitrogens with one attached hydrogen (secondary N) is 1. The van der Waals surface area contributed by atoms with Crippen molar-refractivity contribution < 1.29 is 14.5 Å². The Hall–Kier alpha value is -2.11. The third-order valence-corrected chi connectivity index (χ3v) is 3.73. The fourth-order valence-electron chi connectivity index (χ4n) is 2.26. The molecule has 22 heavy (non-hydrogen) atoms. The number of unbranched alkanes of at least 4 members (excludes halogenated alkanes) is 1. The lowest BCUT2D eigenvalue weighted by Gasteiger charge is -2.15. The molecule has 0 bridgehead atoms. The van der Waals surface area contributed by atoms with Crippen LogP contribution in [0.25, 0.3) is 0 Å². The highest BCUT2D eigenvalue weighted by Gasteiger charge is 2.18. The molecule has 6 heteroatoms. The average molecular weight is 308 g/mol. The first-order chi connectivity index (χ1) is 10.5. The zero-order chi connectivity index (χ0) is 16.5. The van der Waals surface area contributed by atoms with Crippen LogP contribution in [0.5, 0.6) is 5.75 Å². The number of benzene rings is 1. The lowest BCUT2D eigenvalue weighted by molar-refractivity contribution is -0.385. The number of ether oxygens (including phenoxy) is 1. The van der Waals surface area contributed by atoms with Crippen LogP contribution in [0.15, 0.2) is 18.2 Å². The second-order valence-electron chi connectivity index (χ2n) is 5.27. The minimum atomic E-state index is -0.550. The van der Waals surface area contributed by atoms with Gasteiger partial charge in [-0.25, -0.2) is 0 Å².